The van der Waals surface area contributed by atoms with Gasteiger partial charge in [-0.3, -0.25) is 9.59 Å². The van der Waals surface area contributed by atoms with E-state index in [1.807, 2.05) is 0 Å². The van der Waals surface area contributed by atoms with E-state index in [-0.39, 0.29) is 18.1 Å². The van der Waals surface area contributed by atoms with Crippen LogP contribution < -0.4 is 19.5 Å². The number of hydrogen-bond acceptors (Lipinski definition) is 7. The third-order valence-electron chi connectivity index (χ3n) is 4.49. The van der Waals surface area contributed by atoms with Crippen molar-refractivity contribution < 1.29 is 23.8 Å². The number of benzene rings is 1. The highest BCUT2D eigenvalue weighted by atomic mass is 16.5. The minimum Gasteiger partial charge on any atom is -0.477 e. The average molecular weight is 385 g/mol. The van der Waals surface area contributed by atoms with E-state index in [0.29, 0.717) is 23.1 Å². The fourth-order valence-electron chi connectivity index (χ4n) is 3.13. The molecule has 0 saturated heterocycles. The topological polar surface area (TPSA) is 99.6 Å². The minimum atomic E-state index is -0.393. The molecule has 2 aromatic rings. The summed E-state index contributed by atoms with van der Waals surface area (Å²) in [5.41, 5.74) is 0.526. The molecular weight excluding hydrogens is 362 g/mol. The van der Waals surface area contributed by atoms with Crippen molar-refractivity contribution in [1.82, 2.24) is 15.3 Å². The van der Waals surface area contributed by atoms with Crippen LogP contribution in [0, 0.1) is 0 Å². The molecule has 148 valence electrons. The van der Waals surface area contributed by atoms with Gasteiger partial charge in [0.25, 0.3) is 17.7 Å². The maximum Gasteiger partial charge on any atom is 0.308 e. The van der Waals surface area contributed by atoms with Crippen LogP contribution >= 0.6 is 0 Å². The van der Waals surface area contributed by atoms with E-state index in [2.05, 4.69) is 15.3 Å². The SMILES string of the molecule is COc1nccnc1OC1CCC(NC(=O)c2ccc(OC(C)=O)cc2)CC1. The van der Waals surface area contributed by atoms with E-state index < -0.39 is 5.97 Å². The van der Waals surface area contributed by atoms with Crippen LogP contribution in [0.3, 0.4) is 0 Å². The first kappa shape index (κ1) is 19.6. The lowest BCUT2D eigenvalue weighted by Crippen LogP contribution is -2.39. The second-order valence-electron chi connectivity index (χ2n) is 6.55. The largest absolute Gasteiger partial charge is 0.477 e. The van der Waals surface area contributed by atoms with Gasteiger partial charge in [0.05, 0.1) is 7.11 Å². The summed E-state index contributed by atoms with van der Waals surface area (Å²) in [5.74, 6) is 0.645. The lowest BCUT2D eigenvalue weighted by Gasteiger charge is -2.29. The number of carbonyl (C=O) groups excluding carboxylic acids is 2. The van der Waals surface area contributed by atoms with Gasteiger partial charge in [-0.2, -0.15) is 0 Å². The molecule has 0 spiro atoms. The highest BCUT2D eigenvalue weighted by Gasteiger charge is 2.25. The first-order valence-electron chi connectivity index (χ1n) is 9.16. The Kier molecular flexibility index (Phi) is 6.41. The van der Waals surface area contributed by atoms with Gasteiger partial charge >= 0.3 is 5.97 Å². The molecule has 0 aliphatic heterocycles. The Morgan fingerprint density at radius 3 is 2.25 bits per heavy atom. The van der Waals surface area contributed by atoms with Gasteiger partial charge in [-0.05, 0) is 49.9 Å². The van der Waals surface area contributed by atoms with Crippen molar-refractivity contribution in [3.05, 3.63) is 42.2 Å². The van der Waals surface area contributed by atoms with Crippen LogP contribution in [0.5, 0.6) is 17.5 Å². The average Bonchev–Trinajstić information content (AvgIpc) is 2.70. The van der Waals surface area contributed by atoms with E-state index in [1.54, 1.807) is 36.7 Å². The van der Waals surface area contributed by atoms with Crippen molar-refractivity contribution in [3.8, 4) is 17.5 Å². The molecule has 1 saturated carbocycles. The van der Waals surface area contributed by atoms with Gasteiger partial charge in [-0.15, -0.1) is 0 Å². The predicted molar refractivity (Wildman–Crippen MR) is 100 cm³/mol. The molecule has 1 aromatic carbocycles. The Balaban J connectivity index is 1.48. The number of esters is 1. The van der Waals surface area contributed by atoms with Crippen LogP contribution in [0.25, 0.3) is 0 Å². The maximum absolute atomic E-state index is 12.4. The number of ether oxygens (including phenoxy) is 3. The van der Waals surface area contributed by atoms with Crippen LogP contribution in [0.15, 0.2) is 36.7 Å². The Morgan fingerprint density at radius 2 is 1.64 bits per heavy atom. The molecule has 3 rings (SSSR count). The summed E-state index contributed by atoms with van der Waals surface area (Å²) in [7, 11) is 1.53. The molecule has 8 heteroatoms. The van der Waals surface area contributed by atoms with Gasteiger partial charge in [-0.1, -0.05) is 0 Å². The second kappa shape index (κ2) is 9.16. The van der Waals surface area contributed by atoms with Crippen LogP contribution in [0.1, 0.15) is 43.0 Å². The van der Waals surface area contributed by atoms with Gasteiger partial charge in [0.15, 0.2) is 0 Å². The lowest BCUT2D eigenvalue weighted by molar-refractivity contribution is -0.131. The van der Waals surface area contributed by atoms with Gasteiger partial charge in [0.2, 0.25) is 0 Å². The summed E-state index contributed by atoms with van der Waals surface area (Å²) >= 11 is 0. The first-order valence-corrected chi connectivity index (χ1v) is 9.16. The van der Waals surface area contributed by atoms with E-state index in [4.69, 9.17) is 14.2 Å². The summed E-state index contributed by atoms with van der Waals surface area (Å²) in [6, 6.07) is 6.58. The second-order valence-corrected chi connectivity index (χ2v) is 6.55. The van der Waals surface area contributed by atoms with Crippen molar-refractivity contribution in [1.29, 1.82) is 0 Å². The molecule has 1 heterocycles. The molecule has 1 aliphatic rings. The molecule has 1 amide bonds. The number of nitrogens with zero attached hydrogens (tertiary/aromatic N) is 2. The molecule has 0 atom stereocenters. The third kappa shape index (κ3) is 5.18. The number of methoxy groups -OCH3 is 1. The predicted octanol–water partition coefficient (Wildman–Crippen LogP) is 2.53. The number of amides is 1. The summed E-state index contributed by atoms with van der Waals surface area (Å²) in [6.45, 7) is 1.33. The molecule has 1 aliphatic carbocycles. The van der Waals surface area contributed by atoms with Crippen LogP contribution in [0.4, 0.5) is 0 Å². The maximum atomic E-state index is 12.4. The van der Waals surface area contributed by atoms with Gasteiger partial charge in [-0.25, -0.2) is 9.97 Å². The van der Waals surface area contributed by atoms with E-state index in [9.17, 15) is 9.59 Å². The van der Waals surface area contributed by atoms with Crippen molar-refractivity contribution in [2.24, 2.45) is 0 Å². The Hall–Kier alpha value is -3.16. The van der Waals surface area contributed by atoms with E-state index >= 15 is 0 Å². The number of hydrogen-bond donors (Lipinski definition) is 1. The highest BCUT2D eigenvalue weighted by Crippen LogP contribution is 2.27. The first-order chi connectivity index (χ1) is 13.5. The third-order valence-corrected chi connectivity index (χ3v) is 4.49. The van der Waals surface area contributed by atoms with Crippen LogP contribution in [-0.4, -0.2) is 41.1 Å². The zero-order valence-corrected chi connectivity index (χ0v) is 15.9. The number of carbonyl (C=O) groups is 2. The molecule has 28 heavy (non-hydrogen) atoms. The molecule has 1 aromatic heterocycles. The fourth-order valence-corrected chi connectivity index (χ4v) is 3.13. The molecule has 1 fully saturated rings. The standard InChI is InChI=1S/C20H23N3O5/c1-13(24)27-16-7-3-14(4-8-16)18(25)23-15-5-9-17(10-6-15)28-20-19(26-2)21-11-12-22-20/h3-4,7-8,11-12,15,17H,5-6,9-10H2,1-2H3,(H,23,25). The van der Waals surface area contributed by atoms with Crippen molar-refractivity contribution in [2.75, 3.05) is 7.11 Å². The van der Waals surface area contributed by atoms with E-state index in [0.717, 1.165) is 25.7 Å². The summed E-state index contributed by atoms with van der Waals surface area (Å²) in [6.07, 6.45) is 6.36. The Labute approximate surface area is 163 Å². The summed E-state index contributed by atoms with van der Waals surface area (Å²) < 4.78 is 16.0. The molecule has 0 radical (unpaired) electrons. The summed E-state index contributed by atoms with van der Waals surface area (Å²) in [4.78, 5) is 31.6. The summed E-state index contributed by atoms with van der Waals surface area (Å²) in [5, 5.41) is 3.05. The Morgan fingerprint density at radius 1 is 1.00 bits per heavy atom. The van der Waals surface area contributed by atoms with Crippen molar-refractivity contribution in [2.45, 2.75) is 44.8 Å². The molecular formula is C20H23N3O5. The van der Waals surface area contributed by atoms with Gasteiger partial charge < -0.3 is 19.5 Å². The fraction of sp³-hybridized carbons (Fsp3) is 0.400. The zero-order valence-electron chi connectivity index (χ0n) is 15.9. The molecule has 0 bridgehead atoms. The number of nitrogens with one attached hydrogen (secondary N) is 1. The van der Waals surface area contributed by atoms with Crippen LogP contribution in [-0.2, 0) is 4.79 Å². The zero-order chi connectivity index (χ0) is 19.9. The highest BCUT2D eigenvalue weighted by molar-refractivity contribution is 5.94. The molecule has 0 unspecified atom stereocenters. The lowest BCUT2D eigenvalue weighted by atomic mass is 9.92. The van der Waals surface area contributed by atoms with Crippen LogP contribution in [0.2, 0.25) is 0 Å². The quantitative estimate of drug-likeness (QED) is 0.602. The smallest absolute Gasteiger partial charge is 0.308 e. The Bertz CT molecular complexity index is 817. The normalized spacial score (nSPS) is 18.8. The van der Waals surface area contributed by atoms with Gasteiger partial charge in [0, 0.05) is 30.9 Å². The van der Waals surface area contributed by atoms with Crippen molar-refractivity contribution in [3.63, 3.8) is 0 Å². The van der Waals surface area contributed by atoms with E-state index in [1.165, 1.54) is 14.0 Å². The van der Waals surface area contributed by atoms with Crippen molar-refractivity contribution >= 4 is 11.9 Å². The molecule has 8 nitrogen and oxygen atoms in total. The minimum absolute atomic E-state index is 0.0155. The number of aromatic nitrogens is 2. The van der Waals surface area contributed by atoms with Gasteiger partial charge in [0.1, 0.15) is 11.9 Å². The molecule has 1 N–H and O–H groups in total. The monoisotopic (exact) mass is 385 g/mol. The number of rotatable bonds is 6.